The minimum Gasteiger partial charge on any atom is -0.489 e. The van der Waals surface area contributed by atoms with Crippen LogP contribution in [0.3, 0.4) is 0 Å². The van der Waals surface area contributed by atoms with Crippen LogP contribution in [0.2, 0.25) is 0 Å². The lowest BCUT2D eigenvalue weighted by Crippen LogP contribution is -2.08. The Hall–Kier alpha value is -3.18. The number of carboxylic acids is 1. The topological polar surface area (TPSA) is 72.5 Å². The summed E-state index contributed by atoms with van der Waals surface area (Å²) in [7, 11) is 0. The van der Waals surface area contributed by atoms with Crippen LogP contribution in [0.15, 0.2) is 60.7 Å². The van der Waals surface area contributed by atoms with Crippen LogP contribution in [0.25, 0.3) is 11.1 Å². The number of carbonyl (C=O) groups is 1. The van der Waals surface area contributed by atoms with E-state index in [1.165, 1.54) is 0 Å². The summed E-state index contributed by atoms with van der Waals surface area (Å²) in [6.07, 6.45) is -0.107. The minimum absolute atomic E-state index is 0.107. The van der Waals surface area contributed by atoms with Gasteiger partial charge in [0.05, 0.1) is 6.42 Å². The highest BCUT2D eigenvalue weighted by Crippen LogP contribution is 2.29. The van der Waals surface area contributed by atoms with Crippen LogP contribution >= 0.6 is 0 Å². The summed E-state index contributed by atoms with van der Waals surface area (Å²) in [4.78, 5) is 11.1. The van der Waals surface area contributed by atoms with Crippen molar-refractivity contribution in [2.75, 3.05) is 0 Å². The van der Waals surface area contributed by atoms with Gasteiger partial charge in [-0.1, -0.05) is 48.5 Å². The van der Waals surface area contributed by atoms with Gasteiger partial charge in [0.15, 0.2) is 0 Å². The molecule has 1 atom stereocenters. The molecule has 1 unspecified atom stereocenters. The fraction of sp³-hybridized carbons (Fsp3) is 0.208. The van der Waals surface area contributed by atoms with Crippen LogP contribution in [0.4, 0.5) is 4.39 Å². The van der Waals surface area contributed by atoms with Gasteiger partial charge in [-0.3, -0.25) is 4.79 Å². The number of ether oxygens (including phenoxy) is 1. The third-order valence-electron chi connectivity index (χ3n) is 4.88. The molecule has 0 heterocycles. The number of para-hydroxylation sites is 1. The molecule has 3 rings (SSSR count). The average molecular weight is 393 g/mol. The van der Waals surface area contributed by atoms with E-state index in [1.807, 2.05) is 25.1 Å². The molecule has 0 saturated carbocycles. The molecule has 0 bridgehead atoms. The lowest BCUT2D eigenvalue weighted by atomic mass is 9.96. The Bertz CT molecular complexity index is 1030. The minimum atomic E-state index is -0.913. The van der Waals surface area contributed by atoms with Crippen molar-refractivity contribution in [1.82, 2.24) is 0 Å². The van der Waals surface area contributed by atoms with Crippen molar-refractivity contribution in [3.8, 4) is 16.9 Å². The molecule has 3 aromatic carbocycles. The zero-order valence-electron chi connectivity index (χ0n) is 16.5. The van der Waals surface area contributed by atoms with Crippen LogP contribution in [0, 0.1) is 12.7 Å². The van der Waals surface area contributed by atoms with Crippen LogP contribution in [0.5, 0.6) is 5.75 Å². The smallest absolute Gasteiger partial charge is 0.307 e. The van der Waals surface area contributed by atoms with Gasteiger partial charge < -0.3 is 15.6 Å². The molecule has 150 valence electrons. The van der Waals surface area contributed by atoms with E-state index in [0.29, 0.717) is 22.4 Å². The maximum atomic E-state index is 14.9. The number of hydrogen-bond donors (Lipinski definition) is 2. The van der Waals surface area contributed by atoms with Crippen molar-refractivity contribution in [2.45, 2.75) is 32.9 Å². The third kappa shape index (κ3) is 4.81. The van der Waals surface area contributed by atoms with E-state index in [0.717, 1.165) is 16.7 Å². The molecule has 0 saturated heterocycles. The molecule has 3 N–H and O–H groups in total. The van der Waals surface area contributed by atoms with E-state index in [-0.39, 0.29) is 18.8 Å². The largest absolute Gasteiger partial charge is 0.489 e. The van der Waals surface area contributed by atoms with Crippen molar-refractivity contribution < 1.29 is 19.0 Å². The molecule has 0 amide bonds. The standard InChI is InChI=1S/C24H24FNO3/c1-15-10-11-17(21-8-5-7-20(16(2)26)24(21)25)12-19(15)14-29-22-9-4-3-6-18(22)13-23(27)28/h3-12,16H,13-14,26H2,1-2H3,(H,27,28). The van der Waals surface area contributed by atoms with Crippen molar-refractivity contribution >= 4 is 5.97 Å². The van der Waals surface area contributed by atoms with E-state index < -0.39 is 12.0 Å². The van der Waals surface area contributed by atoms with Gasteiger partial charge in [-0.05, 0) is 42.7 Å². The molecule has 0 aromatic heterocycles. The van der Waals surface area contributed by atoms with Crippen molar-refractivity contribution in [2.24, 2.45) is 5.73 Å². The molecule has 4 nitrogen and oxygen atoms in total. The van der Waals surface area contributed by atoms with Crippen molar-refractivity contribution in [3.63, 3.8) is 0 Å². The first-order valence-corrected chi connectivity index (χ1v) is 9.43. The molecular formula is C24H24FNO3. The molecule has 0 aliphatic heterocycles. The average Bonchev–Trinajstić information content (AvgIpc) is 2.68. The Morgan fingerprint density at radius 3 is 2.59 bits per heavy atom. The maximum absolute atomic E-state index is 14.9. The molecule has 5 heteroatoms. The predicted octanol–water partition coefficient (Wildman–Crippen LogP) is 5.03. The molecule has 0 aliphatic rings. The Morgan fingerprint density at radius 1 is 1.10 bits per heavy atom. The first kappa shape index (κ1) is 20.6. The Labute approximate surface area is 169 Å². The summed E-state index contributed by atoms with van der Waals surface area (Å²) in [6, 6.07) is 17.6. The molecule has 0 fully saturated rings. The summed E-state index contributed by atoms with van der Waals surface area (Å²) >= 11 is 0. The number of aryl methyl sites for hydroxylation is 1. The quantitative estimate of drug-likeness (QED) is 0.591. The number of hydrogen-bond acceptors (Lipinski definition) is 3. The highest BCUT2D eigenvalue weighted by molar-refractivity contribution is 5.71. The molecule has 0 aliphatic carbocycles. The van der Waals surface area contributed by atoms with Crippen molar-refractivity contribution in [3.05, 3.63) is 88.7 Å². The van der Waals surface area contributed by atoms with Gasteiger partial charge in [-0.15, -0.1) is 0 Å². The fourth-order valence-electron chi connectivity index (χ4n) is 3.23. The van der Waals surface area contributed by atoms with Crippen LogP contribution in [-0.4, -0.2) is 11.1 Å². The highest BCUT2D eigenvalue weighted by atomic mass is 19.1. The van der Waals surface area contributed by atoms with Gasteiger partial charge in [-0.2, -0.15) is 0 Å². The summed E-state index contributed by atoms with van der Waals surface area (Å²) < 4.78 is 20.8. The zero-order chi connectivity index (χ0) is 21.0. The number of halogens is 1. The molecule has 0 spiro atoms. The van der Waals surface area contributed by atoms with E-state index in [1.54, 1.807) is 49.4 Å². The van der Waals surface area contributed by atoms with Gasteiger partial charge in [0, 0.05) is 22.7 Å². The lowest BCUT2D eigenvalue weighted by Gasteiger charge is -2.15. The first-order valence-electron chi connectivity index (χ1n) is 9.43. The fourth-order valence-corrected chi connectivity index (χ4v) is 3.23. The number of rotatable bonds is 7. The molecule has 3 aromatic rings. The van der Waals surface area contributed by atoms with E-state index in [9.17, 15) is 9.18 Å². The third-order valence-corrected chi connectivity index (χ3v) is 4.88. The van der Waals surface area contributed by atoms with Gasteiger partial charge >= 0.3 is 5.97 Å². The number of carboxylic acid groups (broad SMARTS) is 1. The number of aliphatic carboxylic acids is 1. The zero-order valence-corrected chi connectivity index (χ0v) is 16.5. The molecule has 29 heavy (non-hydrogen) atoms. The maximum Gasteiger partial charge on any atom is 0.307 e. The Kier molecular flexibility index (Phi) is 6.29. The SMILES string of the molecule is Cc1ccc(-c2cccc(C(C)N)c2F)cc1COc1ccccc1CC(=O)O. The molecule has 0 radical (unpaired) electrons. The lowest BCUT2D eigenvalue weighted by molar-refractivity contribution is -0.136. The Balaban J connectivity index is 1.88. The van der Waals surface area contributed by atoms with Gasteiger partial charge in [-0.25, -0.2) is 4.39 Å². The summed E-state index contributed by atoms with van der Waals surface area (Å²) in [5, 5.41) is 9.07. The second kappa shape index (κ2) is 8.88. The van der Waals surface area contributed by atoms with Crippen LogP contribution < -0.4 is 10.5 Å². The first-order chi connectivity index (χ1) is 13.9. The van der Waals surface area contributed by atoms with E-state index >= 15 is 0 Å². The van der Waals surface area contributed by atoms with E-state index in [4.69, 9.17) is 15.6 Å². The number of nitrogens with two attached hydrogens (primary N) is 1. The van der Waals surface area contributed by atoms with Gasteiger partial charge in [0.2, 0.25) is 0 Å². The summed E-state index contributed by atoms with van der Waals surface area (Å²) in [5.41, 5.74) is 10.1. The Morgan fingerprint density at radius 2 is 1.86 bits per heavy atom. The van der Waals surface area contributed by atoms with Crippen LogP contribution in [0.1, 0.15) is 35.2 Å². The second-order valence-electron chi connectivity index (χ2n) is 7.11. The highest BCUT2D eigenvalue weighted by Gasteiger charge is 2.14. The second-order valence-corrected chi connectivity index (χ2v) is 7.11. The van der Waals surface area contributed by atoms with Gasteiger partial charge in [0.1, 0.15) is 18.2 Å². The molecular weight excluding hydrogens is 369 g/mol. The van der Waals surface area contributed by atoms with Crippen molar-refractivity contribution in [1.29, 1.82) is 0 Å². The van der Waals surface area contributed by atoms with Crippen LogP contribution in [-0.2, 0) is 17.8 Å². The predicted molar refractivity (Wildman–Crippen MR) is 111 cm³/mol. The monoisotopic (exact) mass is 393 g/mol. The summed E-state index contributed by atoms with van der Waals surface area (Å²) in [6.45, 7) is 3.97. The summed E-state index contributed by atoms with van der Waals surface area (Å²) in [5.74, 6) is -0.696. The number of benzene rings is 3. The van der Waals surface area contributed by atoms with E-state index in [2.05, 4.69) is 0 Å². The normalized spacial score (nSPS) is 11.9. The van der Waals surface area contributed by atoms with Gasteiger partial charge in [0.25, 0.3) is 0 Å².